The average molecular weight is 409 g/mol. The average Bonchev–Trinajstić information content (AvgIpc) is 3.10. The van der Waals surface area contributed by atoms with Gasteiger partial charge in [0, 0.05) is 18.1 Å². The van der Waals surface area contributed by atoms with Gasteiger partial charge in [0.1, 0.15) is 11.6 Å². The molecule has 1 aliphatic heterocycles. The molecule has 0 radical (unpaired) electrons. The van der Waals surface area contributed by atoms with Gasteiger partial charge in [0.05, 0.1) is 24.8 Å². The van der Waals surface area contributed by atoms with Gasteiger partial charge in [0.2, 0.25) is 0 Å². The Balaban J connectivity index is 1.68. The van der Waals surface area contributed by atoms with Crippen LogP contribution in [0.25, 0.3) is 0 Å². The van der Waals surface area contributed by atoms with E-state index < -0.39 is 24.9 Å². The van der Waals surface area contributed by atoms with E-state index in [0.717, 1.165) is 43.2 Å². The van der Waals surface area contributed by atoms with Gasteiger partial charge in [0.25, 0.3) is 0 Å². The van der Waals surface area contributed by atoms with Crippen molar-refractivity contribution in [2.45, 2.75) is 63.4 Å². The minimum Gasteiger partial charge on any atom is -0.493 e. The first-order valence-electron chi connectivity index (χ1n) is 9.96. The number of aliphatic imine (C=N–C) groups is 2. The summed E-state index contributed by atoms with van der Waals surface area (Å²) >= 11 is 0. The Morgan fingerprint density at radius 1 is 1.21 bits per heavy atom. The molecule has 1 atom stereocenters. The number of halogens is 3. The number of nitrogens with zero attached hydrogens (tertiary/aromatic N) is 2. The lowest BCUT2D eigenvalue weighted by atomic mass is 9.65. The van der Waals surface area contributed by atoms with E-state index >= 15 is 0 Å². The van der Waals surface area contributed by atoms with E-state index in [1.807, 2.05) is 19.1 Å². The summed E-state index contributed by atoms with van der Waals surface area (Å²) in [7, 11) is 1.74. The summed E-state index contributed by atoms with van der Waals surface area (Å²) in [5, 5.41) is 0. The zero-order valence-corrected chi connectivity index (χ0v) is 16.7. The predicted octanol–water partition coefficient (Wildman–Crippen LogP) is 4.13. The SMILES string of the molecule is COC1CCC2(CC1)Cc1ccc(OCCC(F)(F)F)cc1[C@@]21N=C(C)C(N)=N1. The van der Waals surface area contributed by atoms with E-state index in [-0.39, 0.29) is 11.5 Å². The van der Waals surface area contributed by atoms with Crippen LogP contribution in [0.15, 0.2) is 28.2 Å². The van der Waals surface area contributed by atoms with Gasteiger partial charge in [-0.25, -0.2) is 4.99 Å². The number of rotatable bonds is 4. The lowest BCUT2D eigenvalue weighted by Crippen LogP contribution is -2.43. The summed E-state index contributed by atoms with van der Waals surface area (Å²) < 4.78 is 48.3. The standard InChI is InChI=1S/C21H26F3N3O2/c1-13-18(25)27-21(26-13)17-11-16(29-10-9-20(22,23)24)4-3-14(17)12-19(21)7-5-15(28-2)6-8-19/h3-4,11,15H,5-10,12H2,1-2H3,(H2,25,27)/t15?,19?,21-/m0/s1. The van der Waals surface area contributed by atoms with Crippen molar-refractivity contribution in [3.8, 4) is 5.75 Å². The molecule has 0 aromatic heterocycles. The van der Waals surface area contributed by atoms with Gasteiger partial charge in [-0.05, 0) is 56.7 Å². The fraction of sp³-hybridized carbons (Fsp3) is 0.619. The Morgan fingerprint density at radius 3 is 2.52 bits per heavy atom. The highest BCUT2D eigenvalue weighted by Gasteiger charge is 2.60. The van der Waals surface area contributed by atoms with Gasteiger partial charge in [-0.2, -0.15) is 13.2 Å². The number of alkyl halides is 3. The molecule has 1 fully saturated rings. The van der Waals surface area contributed by atoms with E-state index in [2.05, 4.69) is 0 Å². The smallest absolute Gasteiger partial charge is 0.392 e. The number of methoxy groups -OCH3 is 1. The maximum Gasteiger partial charge on any atom is 0.392 e. The highest BCUT2D eigenvalue weighted by Crippen LogP contribution is 2.62. The zero-order valence-electron chi connectivity index (χ0n) is 16.7. The van der Waals surface area contributed by atoms with Crippen LogP contribution in [0.5, 0.6) is 5.75 Å². The molecule has 158 valence electrons. The molecule has 1 heterocycles. The molecule has 1 aromatic rings. The second kappa shape index (κ2) is 7.00. The topological polar surface area (TPSA) is 69.2 Å². The number of amidine groups is 1. The monoisotopic (exact) mass is 409 g/mol. The van der Waals surface area contributed by atoms with Crippen molar-refractivity contribution in [2.24, 2.45) is 21.1 Å². The van der Waals surface area contributed by atoms with Crippen molar-refractivity contribution in [1.29, 1.82) is 0 Å². The molecule has 0 unspecified atom stereocenters. The molecule has 1 aromatic carbocycles. The summed E-state index contributed by atoms with van der Waals surface area (Å²) in [6.45, 7) is 1.44. The molecule has 0 bridgehead atoms. The van der Waals surface area contributed by atoms with Crippen molar-refractivity contribution in [3.63, 3.8) is 0 Å². The number of benzene rings is 1. The van der Waals surface area contributed by atoms with Crippen LogP contribution in [0, 0.1) is 5.41 Å². The van der Waals surface area contributed by atoms with E-state index in [1.165, 1.54) is 0 Å². The van der Waals surface area contributed by atoms with Crippen molar-refractivity contribution >= 4 is 11.5 Å². The summed E-state index contributed by atoms with van der Waals surface area (Å²) in [5.41, 5.74) is 7.83. The molecule has 2 N–H and O–H groups in total. The van der Waals surface area contributed by atoms with Crippen LogP contribution in [0.1, 0.15) is 50.2 Å². The minimum absolute atomic E-state index is 0.197. The number of fused-ring (bicyclic) bond motifs is 3. The van der Waals surface area contributed by atoms with Crippen molar-refractivity contribution in [1.82, 2.24) is 0 Å². The third kappa shape index (κ3) is 3.41. The summed E-state index contributed by atoms with van der Waals surface area (Å²) in [4.78, 5) is 9.79. The number of hydrogen-bond acceptors (Lipinski definition) is 5. The van der Waals surface area contributed by atoms with Crippen LogP contribution >= 0.6 is 0 Å². The number of hydrogen-bond donors (Lipinski definition) is 1. The van der Waals surface area contributed by atoms with E-state index in [9.17, 15) is 13.2 Å². The van der Waals surface area contributed by atoms with Crippen molar-refractivity contribution < 1.29 is 22.6 Å². The second-order valence-corrected chi connectivity index (χ2v) is 8.29. The Bertz CT molecular complexity index is 837. The molecule has 5 nitrogen and oxygen atoms in total. The predicted molar refractivity (Wildman–Crippen MR) is 104 cm³/mol. The second-order valence-electron chi connectivity index (χ2n) is 8.29. The molecule has 0 amide bonds. The Labute approximate surface area is 168 Å². The molecule has 8 heteroatoms. The Hall–Kier alpha value is -2.09. The van der Waals surface area contributed by atoms with Crippen LogP contribution in [0.2, 0.25) is 0 Å². The Morgan fingerprint density at radius 2 is 1.93 bits per heavy atom. The highest BCUT2D eigenvalue weighted by atomic mass is 19.4. The summed E-state index contributed by atoms with van der Waals surface area (Å²) in [5.74, 6) is 0.831. The van der Waals surface area contributed by atoms with Gasteiger partial charge in [-0.15, -0.1) is 0 Å². The lowest BCUT2D eigenvalue weighted by Gasteiger charge is -2.44. The van der Waals surface area contributed by atoms with Crippen LogP contribution in [0.3, 0.4) is 0 Å². The largest absolute Gasteiger partial charge is 0.493 e. The first kappa shape index (κ1) is 20.2. The first-order chi connectivity index (χ1) is 13.7. The quantitative estimate of drug-likeness (QED) is 0.813. The van der Waals surface area contributed by atoms with E-state index in [0.29, 0.717) is 17.3 Å². The molecule has 1 saturated carbocycles. The van der Waals surface area contributed by atoms with Gasteiger partial charge >= 0.3 is 6.18 Å². The minimum atomic E-state index is -4.24. The summed E-state index contributed by atoms with van der Waals surface area (Å²) in [6.07, 6.45) is -0.537. The summed E-state index contributed by atoms with van der Waals surface area (Å²) in [6, 6.07) is 5.48. The highest BCUT2D eigenvalue weighted by molar-refractivity contribution is 6.41. The normalized spacial score (nSPS) is 31.1. The van der Waals surface area contributed by atoms with Crippen molar-refractivity contribution in [2.75, 3.05) is 13.7 Å². The molecule has 4 rings (SSSR count). The third-order valence-electron chi connectivity index (χ3n) is 6.59. The van der Waals surface area contributed by atoms with E-state index in [4.69, 9.17) is 25.2 Å². The fourth-order valence-electron chi connectivity index (χ4n) is 5.02. The van der Waals surface area contributed by atoms with Gasteiger partial charge in [0.15, 0.2) is 5.66 Å². The molecular formula is C21H26F3N3O2. The van der Waals surface area contributed by atoms with Crippen LogP contribution < -0.4 is 10.5 Å². The molecular weight excluding hydrogens is 383 g/mol. The van der Waals surface area contributed by atoms with Crippen LogP contribution in [0.4, 0.5) is 13.2 Å². The molecule has 2 spiro atoms. The Kier molecular flexibility index (Phi) is 4.88. The first-order valence-corrected chi connectivity index (χ1v) is 9.96. The van der Waals surface area contributed by atoms with Crippen LogP contribution in [-0.4, -0.2) is 37.5 Å². The number of ether oxygens (including phenoxy) is 2. The fourth-order valence-corrected chi connectivity index (χ4v) is 5.02. The van der Waals surface area contributed by atoms with Crippen LogP contribution in [-0.2, 0) is 16.8 Å². The zero-order chi connectivity index (χ0) is 20.9. The van der Waals surface area contributed by atoms with Crippen molar-refractivity contribution in [3.05, 3.63) is 29.3 Å². The van der Waals surface area contributed by atoms with E-state index in [1.54, 1.807) is 13.2 Å². The molecule has 29 heavy (non-hydrogen) atoms. The third-order valence-corrected chi connectivity index (χ3v) is 6.59. The van der Waals surface area contributed by atoms with Gasteiger partial charge < -0.3 is 15.2 Å². The lowest BCUT2D eigenvalue weighted by molar-refractivity contribution is -0.139. The van der Waals surface area contributed by atoms with Gasteiger partial charge in [-0.3, -0.25) is 4.99 Å². The maximum absolute atomic E-state index is 12.5. The number of nitrogens with two attached hydrogens (primary N) is 1. The molecule has 2 aliphatic carbocycles. The molecule has 0 saturated heterocycles. The molecule has 3 aliphatic rings. The van der Waals surface area contributed by atoms with Gasteiger partial charge in [-0.1, -0.05) is 6.07 Å². The maximum atomic E-state index is 12.5.